The predicted octanol–water partition coefficient (Wildman–Crippen LogP) is 2.25. The molecule has 2 unspecified atom stereocenters. The Labute approximate surface area is 122 Å². The smallest absolute Gasteiger partial charge is 0.326 e. The van der Waals surface area contributed by atoms with Crippen LogP contribution >= 0.6 is 11.3 Å². The fourth-order valence-corrected chi connectivity index (χ4v) is 3.53. The molecule has 0 spiro atoms. The summed E-state index contributed by atoms with van der Waals surface area (Å²) in [5, 5.41) is 12.0. The summed E-state index contributed by atoms with van der Waals surface area (Å²) in [7, 11) is 0. The lowest BCUT2D eigenvalue weighted by Crippen LogP contribution is -2.48. The van der Waals surface area contributed by atoms with E-state index < -0.39 is 12.0 Å². The molecule has 2 N–H and O–H groups in total. The maximum atomic E-state index is 12.1. The first-order chi connectivity index (χ1) is 9.47. The van der Waals surface area contributed by atoms with Crippen LogP contribution in [-0.4, -0.2) is 40.6 Å². The summed E-state index contributed by atoms with van der Waals surface area (Å²) in [5.41, 5.74) is 0. The molecule has 2 atom stereocenters. The number of nitrogens with one attached hydrogen (secondary N) is 1. The first kappa shape index (κ1) is 14.8. The number of aliphatic carboxylic acids is 1. The van der Waals surface area contributed by atoms with Gasteiger partial charge in [0.25, 0.3) is 0 Å². The molecule has 1 aliphatic rings. The van der Waals surface area contributed by atoms with Gasteiger partial charge in [0, 0.05) is 28.8 Å². The minimum atomic E-state index is -0.917. The topological polar surface area (TPSA) is 69.6 Å². The maximum absolute atomic E-state index is 12.1. The predicted molar refractivity (Wildman–Crippen MR) is 78.1 cm³/mol. The van der Waals surface area contributed by atoms with Gasteiger partial charge in [-0.05, 0) is 38.8 Å². The molecule has 1 aromatic heterocycles. The van der Waals surface area contributed by atoms with E-state index in [4.69, 9.17) is 5.11 Å². The minimum Gasteiger partial charge on any atom is -0.480 e. The molecule has 1 aliphatic heterocycles. The first-order valence-corrected chi connectivity index (χ1v) is 7.64. The van der Waals surface area contributed by atoms with Crippen LogP contribution in [0.15, 0.2) is 12.1 Å². The van der Waals surface area contributed by atoms with Crippen molar-refractivity contribution in [1.29, 1.82) is 0 Å². The normalized spacial score (nSPS) is 19.9. The van der Waals surface area contributed by atoms with Gasteiger partial charge in [0.2, 0.25) is 0 Å². The molecule has 0 aromatic carbocycles. The lowest BCUT2D eigenvalue weighted by atomic mass is 10.2. The minimum absolute atomic E-state index is 0.00408. The van der Waals surface area contributed by atoms with E-state index in [1.54, 1.807) is 11.3 Å². The van der Waals surface area contributed by atoms with Crippen molar-refractivity contribution in [2.24, 2.45) is 0 Å². The molecule has 110 valence electrons. The fourth-order valence-electron chi connectivity index (χ4n) is 2.51. The van der Waals surface area contributed by atoms with Crippen LogP contribution in [0.5, 0.6) is 0 Å². The average molecular weight is 296 g/mol. The molecule has 0 radical (unpaired) electrons. The van der Waals surface area contributed by atoms with E-state index >= 15 is 0 Å². The number of hydrogen-bond acceptors (Lipinski definition) is 3. The zero-order chi connectivity index (χ0) is 14.7. The molecule has 5 nitrogen and oxygen atoms in total. The van der Waals surface area contributed by atoms with Crippen LogP contribution in [-0.2, 0) is 11.2 Å². The summed E-state index contributed by atoms with van der Waals surface area (Å²) >= 11 is 1.72. The van der Waals surface area contributed by atoms with Crippen molar-refractivity contribution >= 4 is 23.3 Å². The van der Waals surface area contributed by atoms with Crippen LogP contribution in [0.2, 0.25) is 0 Å². The Hall–Kier alpha value is -1.56. The number of nitrogens with zero attached hydrogens (tertiary/aromatic N) is 1. The quantitative estimate of drug-likeness (QED) is 0.895. The third-order valence-electron chi connectivity index (χ3n) is 3.47. The highest BCUT2D eigenvalue weighted by molar-refractivity contribution is 7.11. The van der Waals surface area contributed by atoms with Crippen molar-refractivity contribution < 1.29 is 14.7 Å². The highest BCUT2D eigenvalue weighted by Gasteiger charge is 2.34. The third-order valence-corrected chi connectivity index (χ3v) is 4.49. The number of likely N-dealkylation sites (tertiary alicyclic amines) is 1. The Bertz CT molecular complexity index is 500. The van der Waals surface area contributed by atoms with Gasteiger partial charge in [0.05, 0.1) is 0 Å². The Morgan fingerprint density at radius 1 is 1.55 bits per heavy atom. The molecule has 1 fully saturated rings. The van der Waals surface area contributed by atoms with Crippen molar-refractivity contribution in [2.45, 2.75) is 45.2 Å². The van der Waals surface area contributed by atoms with Gasteiger partial charge in [0.15, 0.2) is 0 Å². The number of rotatable bonds is 4. The Balaban J connectivity index is 1.89. The van der Waals surface area contributed by atoms with Gasteiger partial charge in [-0.1, -0.05) is 0 Å². The molecule has 0 aliphatic carbocycles. The molecule has 1 saturated heterocycles. The second-order valence-corrected chi connectivity index (χ2v) is 6.63. The van der Waals surface area contributed by atoms with Gasteiger partial charge < -0.3 is 15.3 Å². The zero-order valence-corrected chi connectivity index (χ0v) is 12.6. The molecule has 6 heteroatoms. The summed E-state index contributed by atoms with van der Waals surface area (Å²) in [4.78, 5) is 27.1. The third kappa shape index (κ3) is 3.50. The molecule has 20 heavy (non-hydrogen) atoms. The summed E-state index contributed by atoms with van der Waals surface area (Å²) in [5.74, 6) is -0.917. The molecule has 2 heterocycles. The van der Waals surface area contributed by atoms with Crippen molar-refractivity contribution in [2.75, 3.05) is 6.54 Å². The van der Waals surface area contributed by atoms with Crippen LogP contribution in [0, 0.1) is 6.92 Å². The number of urea groups is 1. The SMILES string of the molecule is Cc1ccc(CC(C)NC(=O)N2CCCC2C(=O)O)s1. The Morgan fingerprint density at radius 2 is 2.30 bits per heavy atom. The van der Waals surface area contributed by atoms with Crippen LogP contribution < -0.4 is 5.32 Å². The number of carbonyl (C=O) groups excluding carboxylic acids is 1. The molecule has 2 amide bonds. The maximum Gasteiger partial charge on any atom is 0.326 e. The number of carboxylic acids is 1. The number of carboxylic acid groups (broad SMARTS) is 1. The molecule has 0 saturated carbocycles. The number of carbonyl (C=O) groups is 2. The lowest BCUT2D eigenvalue weighted by Gasteiger charge is -2.24. The largest absolute Gasteiger partial charge is 0.480 e. The van der Waals surface area contributed by atoms with Crippen molar-refractivity contribution in [3.8, 4) is 0 Å². The second kappa shape index (κ2) is 6.26. The Kier molecular flexibility index (Phi) is 4.65. The number of hydrogen-bond donors (Lipinski definition) is 2. The molecule has 1 aromatic rings. The van der Waals surface area contributed by atoms with Gasteiger partial charge >= 0.3 is 12.0 Å². The summed E-state index contributed by atoms with van der Waals surface area (Å²) in [6.45, 7) is 4.52. The highest BCUT2D eigenvalue weighted by atomic mass is 32.1. The van der Waals surface area contributed by atoms with Crippen LogP contribution in [0.25, 0.3) is 0 Å². The van der Waals surface area contributed by atoms with Gasteiger partial charge in [-0.2, -0.15) is 0 Å². The van der Waals surface area contributed by atoms with Crippen LogP contribution in [0.4, 0.5) is 4.79 Å². The van der Waals surface area contributed by atoms with Crippen molar-refractivity contribution in [3.63, 3.8) is 0 Å². The van der Waals surface area contributed by atoms with E-state index in [1.165, 1.54) is 14.7 Å². The van der Waals surface area contributed by atoms with Crippen molar-refractivity contribution in [1.82, 2.24) is 10.2 Å². The first-order valence-electron chi connectivity index (χ1n) is 6.82. The zero-order valence-electron chi connectivity index (χ0n) is 11.8. The summed E-state index contributed by atoms with van der Waals surface area (Å²) in [6, 6.07) is 3.19. The van der Waals surface area contributed by atoms with E-state index in [9.17, 15) is 9.59 Å². The Morgan fingerprint density at radius 3 is 2.90 bits per heavy atom. The number of aryl methyl sites for hydroxylation is 1. The monoisotopic (exact) mass is 296 g/mol. The van der Waals surface area contributed by atoms with Gasteiger partial charge in [-0.25, -0.2) is 9.59 Å². The van der Waals surface area contributed by atoms with Crippen molar-refractivity contribution in [3.05, 3.63) is 21.9 Å². The van der Waals surface area contributed by atoms with E-state index in [1.807, 2.05) is 6.92 Å². The number of thiophene rings is 1. The second-order valence-electron chi connectivity index (χ2n) is 5.26. The summed E-state index contributed by atoms with van der Waals surface area (Å²) in [6.07, 6.45) is 2.07. The van der Waals surface area contributed by atoms with E-state index in [0.717, 1.165) is 12.8 Å². The van der Waals surface area contributed by atoms with Crippen LogP contribution in [0.1, 0.15) is 29.5 Å². The molecule has 0 bridgehead atoms. The average Bonchev–Trinajstić information content (AvgIpc) is 2.97. The van der Waals surface area contributed by atoms with E-state index in [2.05, 4.69) is 24.4 Å². The molecular formula is C14H20N2O3S. The standard InChI is InChI=1S/C14H20N2O3S/c1-9(8-11-6-5-10(2)20-11)15-14(19)16-7-3-4-12(16)13(17)18/h5-6,9,12H,3-4,7-8H2,1-2H3,(H,15,19)(H,17,18). The van der Waals surface area contributed by atoms with E-state index in [0.29, 0.717) is 13.0 Å². The van der Waals surface area contributed by atoms with Crippen LogP contribution in [0.3, 0.4) is 0 Å². The lowest BCUT2D eigenvalue weighted by molar-refractivity contribution is -0.141. The van der Waals surface area contributed by atoms with E-state index in [-0.39, 0.29) is 12.1 Å². The number of amides is 2. The molecular weight excluding hydrogens is 276 g/mol. The fraction of sp³-hybridized carbons (Fsp3) is 0.571. The summed E-state index contributed by atoms with van der Waals surface area (Å²) < 4.78 is 0. The molecule has 2 rings (SSSR count). The van der Waals surface area contributed by atoms with Gasteiger partial charge in [-0.3, -0.25) is 0 Å². The van der Waals surface area contributed by atoms with Gasteiger partial charge in [0.1, 0.15) is 6.04 Å². The van der Waals surface area contributed by atoms with Gasteiger partial charge in [-0.15, -0.1) is 11.3 Å². The highest BCUT2D eigenvalue weighted by Crippen LogP contribution is 2.19.